The number of anilines is 1. The summed E-state index contributed by atoms with van der Waals surface area (Å²) in [5.74, 6) is -0.0169. The molecule has 0 aliphatic carbocycles. The van der Waals surface area contributed by atoms with Gasteiger partial charge in [-0.15, -0.1) is 0 Å². The molecule has 1 aromatic carbocycles. The number of hydrogen-bond acceptors (Lipinski definition) is 3. The minimum absolute atomic E-state index is 0.0938. The lowest BCUT2D eigenvalue weighted by Crippen LogP contribution is -2.51. The highest BCUT2D eigenvalue weighted by molar-refractivity contribution is 5.90. The van der Waals surface area contributed by atoms with E-state index < -0.39 is 0 Å². The molecular weight excluding hydrogens is 316 g/mol. The van der Waals surface area contributed by atoms with E-state index >= 15 is 0 Å². The quantitative estimate of drug-likeness (QED) is 0.787. The molecule has 3 unspecified atom stereocenters. The molecule has 2 saturated heterocycles. The van der Waals surface area contributed by atoms with Crippen LogP contribution in [0.3, 0.4) is 0 Å². The fourth-order valence-corrected chi connectivity index (χ4v) is 3.68. The van der Waals surface area contributed by atoms with Gasteiger partial charge in [-0.2, -0.15) is 0 Å². The lowest BCUT2D eigenvalue weighted by atomic mass is 9.95. The summed E-state index contributed by atoms with van der Waals surface area (Å²) >= 11 is 0. The Morgan fingerprint density at radius 3 is 2.76 bits per heavy atom. The molecule has 0 spiro atoms. The summed E-state index contributed by atoms with van der Waals surface area (Å²) in [6, 6.07) is 9.99. The first kappa shape index (κ1) is 17.7. The van der Waals surface area contributed by atoms with Crippen molar-refractivity contribution in [1.29, 1.82) is 0 Å². The van der Waals surface area contributed by atoms with Crippen LogP contribution < -0.4 is 16.0 Å². The van der Waals surface area contributed by atoms with Crippen LogP contribution in [0, 0.1) is 5.92 Å². The Balaban J connectivity index is 1.51. The molecule has 6 nitrogen and oxygen atoms in total. The van der Waals surface area contributed by atoms with Crippen LogP contribution in [-0.2, 0) is 4.79 Å². The number of para-hydroxylation sites is 1. The third-order valence-corrected chi connectivity index (χ3v) is 5.07. The Kier molecular flexibility index (Phi) is 5.91. The van der Waals surface area contributed by atoms with Gasteiger partial charge >= 0.3 is 6.03 Å². The van der Waals surface area contributed by atoms with Crippen LogP contribution in [0.25, 0.3) is 0 Å². The highest BCUT2D eigenvalue weighted by Crippen LogP contribution is 2.19. The van der Waals surface area contributed by atoms with Crippen molar-refractivity contribution >= 4 is 17.6 Å². The monoisotopic (exact) mass is 344 g/mol. The van der Waals surface area contributed by atoms with Gasteiger partial charge in [0.1, 0.15) is 0 Å². The van der Waals surface area contributed by atoms with Crippen molar-refractivity contribution in [2.24, 2.45) is 5.92 Å². The summed E-state index contributed by atoms with van der Waals surface area (Å²) in [5.41, 5.74) is 0.780. The van der Waals surface area contributed by atoms with Crippen molar-refractivity contribution in [2.75, 3.05) is 25.0 Å². The van der Waals surface area contributed by atoms with Gasteiger partial charge in [0.15, 0.2) is 0 Å². The van der Waals surface area contributed by atoms with E-state index in [1.54, 1.807) is 4.90 Å². The van der Waals surface area contributed by atoms with Crippen LogP contribution in [0.5, 0.6) is 0 Å². The zero-order valence-electron chi connectivity index (χ0n) is 14.8. The molecule has 2 aliphatic rings. The number of benzene rings is 1. The van der Waals surface area contributed by atoms with E-state index in [1.807, 2.05) is 30.3 Å². The third-order valence-electron chi connectivity index (χ3n) is 5.07. The Morgan fingerprint density at radius 2 is 2.00 bits per heavy atom. The Bertz CT molecular complexity index is 592. The average Bonchev–Trinajstić information content (AvgIpc) is 2.62. The van der Waals surface area contributed by atoms with E-state index in [1.165, 1.54) is 0 Å². The molecule has 6 heteroatoms. The van der Waals surface area contributed by atoms with Crippen LogP contribution >= 0.6 is 0 Å². The maximum atomic E-state index is 12.6. The number of nitrogens with one attached hydrogen (secondary N) is 3. The summed E-state index contributed by atoms with van der Waals surface area (Å²) in [5, 5.41) is 9.49. The zero-order valence-corrected chi connectivity index (χ0v) is 14.8. The number of nitrogens with zero attached hydrogens (tertiary/aromatic N) is 1. The smallest absolute Gasteiger partial charge is 0.321 e. The number of likely N-dealkylation sites (tertiary alicyclic amines) is 1. The maximum absolute atomic E-state index is 12.6. The first-order valence-electron chi connectivity index (χ1n) is 9.26. The zero-order chi connectivity index (χ0) is 17.6. The second-order valence-corrected chi connectivity index (χ2v) is 7.17. The summed E-state index contributed by atoms with van der Waals surface area (Å²) in [7, 11) is 0. The number of rotatable bonds is 3. The normalized spacial score (nSPS) is 26.8. The van der Waals surface area contributed by atoms with E-state index in [4.69, 9.17) is 0 Å². The van der Waals surface area contributed by atoms with E-state index in [0.29, 0.717) is 19.1 Å². The van der Waals surface area contributed by atoms with Gasteiger partial charge in [-0.1, -0.05) is 18.2 Å². The topological polar surface area (TPSA) is 73.5 Å². The molecule has 2 fully saturated rings. The Hall–Kier alpha value is -2.08. The number of piperidine rings is 2. The van der Waals surface area contributed by atoms with Gasteiger partial charge in [-0.25, -0.2) is 4.79 Å². The highest BCUT2D eigenvalue weighted by atomic mass is 16.2. The predicted molar refractivity (Wildman–Crippen MR) is 98.4 cm³/mol. The van der Waals surface area contributed by atoms with Crippen molar-refractivity contribution in [3.8, 4) is 0 Å². The number of amides is 3. The van der Waals surface area contributed by atoms with Gasteiger partial charge in [0.25, 0.3) is 0 Å². The minimum atomic E-state index is -0.126. The van der Waals surface area contributed by atoms with E-state index in [9.17, 15) is 9.59 Å². The van der Waals surface area contributed by atoms with Crippen molar-refractivity contribution in [3.63, 3.8) is 0 Å². The molecule has 0 aromatic heterocycles. The fraction of sp³-hybridized carbons (Fsp3) is 0.579. The Morgan fingerprint density at radius 1 is 1.20 bits per heavy atom. The van der Waals surface area contributed by atoms with Gasteiger partial charge in [0.2, 0.25) is 5.91 Å². The van der Waals surface area contributed by atoms with Crippen LogP contribution in [0.15, 0.2) is 30.3 Å². The van der Waals surface area contributed by atoms with Gasteiger partial charge in [-0.3, -0.25) is 4.79 Å². The molecule has 0 bridgehead atoms. The second-order valence-electron chi connectivity index (χ2n) is 7.17. The number of carbonyl (C=O) groups is 2. The summed E-state index contributed by atoms with van der Waals surface area (Å²) < 4.78 is 0. The van der Waals surface area contributed by atoms with Crippen LogP contribution in [-0.4, -0.2) is 48.6 Å². The molecule has 1 aromatic rings. The lowest BCUT2D eigenvalue weighted by Gasteiger charge is -2.34. The summed E-state index contributed by atoms with van der Waals surface area (Å²) in [6.45, 7) is 4.29. The van der Waals surface area contributed by atoms with E-state index in [0.717, 1.165) is 37.9 Å². The summed E-state index contributed by atoms with van der Waals surface area (Å²) in [4.78, 5) is 26.8. The van der Waals surface area contributed by atoms with Crippen molar-refractivity contribution in [2.45, 2.75) is 44.7 Å². The number of carbonyl (C=O) groups excluding carboxylic acids is 2. The van der Waals surface area contributed by atoms with Crippen LogP contribution in [0.4, 0.5) is 10.5 Å². The molecule has 2 aliphatic heterocycles. The van der Waals surface area contributed by atoms with E-state index in [-0.39, 0.29) is 23.9 Å². The molecule has 25 heavy (non-hydrogen) atoms. The lowest BCUT2D eigenvalue weighted by molar-refractivity contribution is -0.127. The molecule has 136 valence electrons. The molecule has 3 atom stereocenters. The van der Waals surface area contributed by atoms with Crippen molar-refractivity contribution in [3.05, 3.63) is 30.3 Å². The van der Waals surface area contributed by atoms with Gasteiger partial charge in [-0.05, 0) is 51.3 Å². The molecule has 0 radical (unpaired) electrons. The SMILES string of the molecule is CC1CC(NC(=O)C2CCCN(C(=O)Nc3ccccc3)C2)CCN1. The number of hydrogen-bond donors (Lipinski definition) is 3. The fourth-order valence-electron chi connectivity index (χ4n) is 3.68. The first-order valence-corrected chi connectivity index (χ1v) is 9.26. The van der Waals surface area contributed by atoms with Gasteiger partial charge < -0.3 is 20.9 Å². The standard InChI is InChI=1S/C19H28N4O2/c1-14-12-17(9-10-20-14)21-18(24)15-6-5-11-23(13-15)19(25)22-16-7-3-2-4-8-16/h2-4,7-8,14-15,17,20H,5-6,9-13H2,1H3,(H,21,24)(H,22,25). The average molecular weight is 344 g/mol. The largest absolute Gasteiger partial charge is 0.353 e. The molecule has 2 heterocycles. The molecule has 3 amide bonds. The second kappa shape index (κ2) is 8.34. The third kappa shape index (κ3) is 4.95. The van der Waals surface area contributed by atoms with Crippen LogP contribution in [0.2, 0.25) is 0 Å². The Labute approximate surface area is 149 Å². The molecule has 3 N–H and O–H groups in total. The predicted octanol–water partition coefficient (Wildman–Crippen LogP) is 2.19. The van der Waals surface area contributed by atoms with Gasteiger partial charge in [0.05, 0.1) is 5.92 Å². The molecular formula is C19H28N4O2. The maximum Gasteiger partial charge on any atom is 0.321 e. The first-order chi connectivity index (χ1) is 12.1. The number of urea groups is 1. The van der Waals surface area contributed by atoms with E-state index in [2.05, 4.69) is 22.9 Å². The van der Waals surface area contributed by atoms with Crippen molar-refractivity contribution < 1.29 is 9.59 Å². The summed E-state index contributed by atoms with van der Waals surface area (Å²) in [6.07, 6.45) is 3.65. The van der Waals surface area contributed by atoms with Crippen molar-refractivity contribution in [1.82, 2.24) is 15.5 Å². The molecule has 3 rings (SSSR count). The van der Waals surface area contributed by atoms with Crippen LogP contribution in [0.1, 0.15) is 32.6 Å². The van der Waals surface area contributed by atoms with Gasteiger partial charge in [0, 0.05) is 30.9 Å². The molecule has 0 saturated carbocycles. The highest BCUT2D eigenvalue weighted by Gasteiger charge is 2.30. The minimum Gasteiger partial charge on any atom is -0.353 e.